The predicted molar refractivity (Wildman–Crippen MR) is 111 cm³/mol. The number of aromatic nitrogens is 1. The van der Waals surface area contributed by atoms with E-state index >= 15 is 0 Å². The van der Waals surface area contributed by atoms with Crippen molar-refractivity contribution >= 4 is 32.6 Å². The Morgan fingerprint density at radius 2 is 2.07 bits per heavy atom. The van der Waals surface area contributed by atoms with Crippen LogP contribution < -0.4 is 4.90 Å². The van der Waals surface area contributed by atoms with E-state index in [0.29, 0.717) is 11.7 Å². The number of fused-ring (bicyclic) bond motifs is 1. The van der Waals surface area contributed by atoms with Crippen LogP contribution in [0.3, 0.4) is 0 Å². The van der Waals surface area contributed by atoms with Gasteiger partial charge in [0.1, 0.15) is 5.82 Å². The fraction of sp³-hybridized carbons (Fsp3) is 0.364. The van der Waals surface area contributed by atoms with Crippen molar-refractivity contribution in [2.24, 2.45) is 0 Å². The molecule has 3 aromatic rings. The Bertz CT molecular complexity index is 994. The molecule has 1 saturated heterocycles. The lowest BCUT2D eigenvalue weighted by atomic mass is 10.1. The van der Waals surface area contributed by atoms with Crippen molar-refractivity contribution < 1.29 is 13.9 Å². The summed E-state index contributed by atoms with van der Waals surface area (Å²) in [6.07, 6.45) is 2.21. The standard InChI is InChI=1S/C22H23FN2O2S/c1-14-10-15(2)21-19(11-14)24-22(28-21)25(13-18-4-3-9-27-18)20(26)12-16-5-7-17(23)8-6-16/h5-8,10-11,18H,3-4,9,12-13H2,1-2H3. The van der Waals surface area contributed by atoms with Crippen LogP contribution in [0.25, 0.3) is 10.2 Å². The number of carbonyl (C=O) groups is 1. The maximum Gasteiger partial charge on any atom is 0.233 e. The van der Waals surface area contributed by atoms with Gasteiger partial charge in [0.15, 0.2) is 5.13 Å². The molecule has 0 saturated carbocycles. The molecule has 0 N–H and O–H groups in total. The number of carbonyl (C=O) groups excluding carboxylic acids is 1. The molecule has 1 atom stereocenters. The zero-order chi connectivity index (χ0) is 19.7. The molecule has 1 fully saturated rings. The monoisotopic (exact) mass is 398 g/mol. The molecular weight excluding hydrogens is 375 g/mol. The Hall–Kier alpha value is -2.31. The number of anilines is 1. The summed E-state index contributed by atoms with van der Waals surface area (Å²) in [7, 11) is 0. The third-order valence-electron chi connectivity index (χ3n) is 5.02. The van der Waals surface area contributed by atoms with Crippen LogP contribution in [-0.4, -0.2) is 30.1 Å². The Kier molecular flexibility index (Phi) is 5.42. The molecule has 2 aromatic carbocycles. The van der Waals surface area contributed by atoms with Gasteiger partial charge >= 0.3 is 0 Å². The second-order valence-corrected chi connectivity index (χ2v) is 8.35. The highest BCUT2D eigenvalue weighted by Gasteiger charge is 2.26. The van der Waals surface area contributed by atoms with Crippen LogP contribution in [0.1, 0.15) is 29.5 Å². The van der Waals surface area contributed by atoms with Crippen LogP contribution >= 0.6 is 11.3 Å². The van der Waals surface area contributed by atoms with Crippen molar-refractivity contribution in [2.75, 3.05) is 18.1 Å². The van der Waals surface area contributed by atoms with Gasteiger partial charge in [0.2, 0.25) is 5.91 Å². The SMILES string of the molecule is Cc1cc(C)c2sc(N(CC3CCCO3)C(=O)Cc3ccc(F)cc3)nc2c1. The van der Waals surface area contributed by atoms with Crippen LogP contribution in [0.5, 0.6) is 0 Å². The third-order valence-corrected chi connectivity index (χ3v) is 6.25. The number of aryl methyl sites for hydroxylation is 2. The number of hydrogen-bond acceptors (Lipinski definition) is 4. The number of nitrogens with zero attached hydrogens (tertiary/aromatic N) is 2. The van der Waals surface area contributed by atoms with Crippen molar-refractivity contribution in [1.82, 2.24) is 4.98 Å². The minimum Gasteiger partial charge on any atom is -0.376 e. The topological polar surface area (TPSA) is 42.4 Å². The fourth-order valence-electron chi connectivity index (χ4n) is 3.63. The first-order valence-corrected chi connectivity index (χ1v) is 10.4. The summed E-state index contributed by atoms with van der Waals surface area (Å²) in [6.45, 7) is 5.36. The summed E-state index contributed by atoms with van der Waals surface area (Å²) in [5, 5.41) is 0.700. The molecule has 0 spiro atoms. The van der Waals surface area contributed by atoms with E-state index in [1.165, 1.54) is 17.7 Å². The molecule has 1 aliphatic rings. The van der Waals surface area contributed by atoms with E-state index < -0.39 is 0 Å². The minimum atomic E-state index is -0.301. The molecule has 28 heavy (non-hydrogen) atoms. The summed E-state index contributed by atoms with van der Waals surface area (Å²) < 4.78 is 20.1. The Balaban J connectivity index is 1.65. The lowest BCUT2D eigenvalue weighted by molar-refractivity contribution is -0.118. The smallest absolute Gasteiger partial charge is 0.233 e. The first kappa shape index (κ1) is 19.0. The molecule has 1 unspecified atom stereocenters. The van der Waals surface area contributed by atoms with Gasteiger partial charge < -0.3 is 4.74 Å². The van der Waals surface area contributed by atoms with Gasteiger partial charge in [-0.3, -0.25) is 9.69 Å². The molecule has 4 rings (SSSR count). The Morgan fingerprint density at radius 1 is 1.29 bits per heavy atom. The molecule has 1 amide bonds. The minimum absolute atomic E-state index is 0.0343. The van der Waals surface area contributed by atoms with Crippen LogP contribution in [0, 0.1) is 19.7 Å². The largest absolute Gasteiger partial charge is 0.376 e. The number of rotatable bonds is 5. The number of hydrogen-bond donors (Lipinski definition) is 0. The molecule has 146 valence electrons. The van der Waals surface area contributed by atoms with Gasteiger partial charge in [0, 0.05) is 6.61 Å². The number of halogens is 1. The normalized spacial score (nSPS) is 16.6. The summed E-state index contributed by atoms with van der Waals surface area (Å²) in [4.78, 5) is 19.7. The van der Waals surface area contributed by atoms with Gasteiger partial charge in [-0.2, -0.15) is 0 Å². The van der Waals surface area contributed by atoms with E-state index in [4.69, 9.17) is 9.72 Å². The first-order chi connectivity index (χ1) is 13.5. The maximum atomic E-state index is 13.2. The Labute approximate surface area is 168 Å². The van der Waals surface area contributed by atoms with Crippen LogP contribution in [0.4, 0.5) is 9.52 Å². The van der Waals surface area contributed by atoms with Gasteiger partial charge in [0.05, 0.1) is 29.3 Å². The quantitative estimate of drug-likeness (QED) is 0.620. The maximum absolute atomic E-state index is 13.2. The average molecular weight is 399 g/mol. The molecular formula is C22H23FN2O2S. The summed E-state index contributed by atoms with van der Waals surface area (Å²) in [5.74, 6) is -0.347. The first-order valence-electron chi connectivity index (χ1n) is 9.54. The fourth-order valence-corrected chi connectivity index (χ4v) is 4.67. The van der Waals surface area contributed by atoms with E-state index in [-0.39, 0.29) is 24.2 Å². The number of benzene rings is 2. The van der Waals surface area contributed by atoms with Gasteiger partial charge in [-0.05, 0) is 61.6 Å². The number of amides is 1. The van der Waals surface area contributed by atoms with Crippen LogP contribution in [0.15, 0.2) is 36.4 Å². The van der Waals surface area contributed by atoms with E-state index in [9.17, 15) is 9.18 Å². The molecule has 0 aliphatic carbocycles. The van der Waals surface area contributed by atoms with Crippen LogP contribution in [-0.2, 0) is 16.0 Å². The molecule has 1 aliphatic heterocycles. The average Bonchev–Trinajstić information content (AvgIpc) is 3.31. The van der Waals surface area contributed by atoms with Gasteiger partial charge in [0.25, 0.3) is 0 Å². The van der Waals surface area contributed by atoms with Crippen molar-refractivity contribution in [3.63, 3.8) is 0 Å². The second kappa shape index (κ2) is 7.97. The highest BCUT2D eigenvalue weighted by atomic mass is 32.1. The van der Waals surface area contributed by atoms with Gasteiger partial charge in [-0.15, -0.1) is 0 Å². The Morgan fingerprint density at radius 3 is 2.79 bits per heavy atom. The molecule has 0 radical (unpaired) electrons. The predicted octanol–water partition coefficient (Wildman–Crippen LogP) is 4.81. The van der Waals surface area contributed by atoms with Crippen molar-refractivity contribution in [2.45, 2.75) is 39.2 Å². The second-order valence-electron chi connectivity index (χ2n) is 7.37. The van der Waals surface area contributed by atoms with E-state index in [2.05, 4.69) is 26.0 Å². The van der Waals surface area contributed by atoms with Crippen molar-refractivity contribution in [3.8, 4) is 0 Å². The molecule has 2 heterocycles. The van der Waals surface area contributed by atoms with Crippen molar-refractivity contribution in [3.05, 3.63) is 58.9 Å². The molecule has 6 heteroatoms. The summed E-state index contributed by atoms with van der Waals surface area (Å²) >= 11 is 1.54. The highest BCUT2D eigenvalue weighted by molar-refractivity contribution is 7.22. The van der Waals surface area contributed by atoms with Crippen molar-refractivity contribution in [1.29, 1.82) is 0 Å². The molecule has 1 aromatic heterocycles. The summed E-state index contributed by atoms with van der Waals surface area (Å²) in [5.41, 5.74) is 4.04. The number of thiazole rings is 1. The lowest BCUT2D eigenvalue weighted by Crippen LogP contribution is -2.38. The highest BCUT2D eigenvalue weighted by Crippen LogP contribution is 2.33. The van der Waals surface area contributed by atoms with Gasteiger partial charge in [-0.1, -0.05) is 29.5 Å². The third kappa shape index (κ3) is 4.08. The van der Waals surface area contributed by atoms with E-state index in [1.54, 1.807) is 28.4 Å². The van der Waals surface area contributed by atoms with Crippen LogP contribution in [0.2, 0.25) is 0 Å². The molecule has 0 bridgehead atoms. The zero-order valence-corrected chi connectivity index (χ0v) is 16.9. The zero-order valence-electron chi connectivity index (χ0n) is 16.1. The van der Waals surface area contributed by atoms with E-state index in [1.807, 2.05) is 0 Å². The lowest BCUT2D eigenvalue weighted by Gasteiger charge is -2.23. The van der Waals surface area contributed by atoms with E-state index in [0.717, 1.165) is 40.8 Å². The van der Waals surface area contributed by atoms with Gasteiger partial charge in [-0.25, -0.2) is 9.37 Å². The summed E-state index contributed by atoms with van der Waals surface area (Å²) in [6, 6.07) is 10.3. The number of ether oxygens (including phenoxy) is 1. The molecule has 4 nitrogen and oxygen atoms in total.